The molecule has 0 unspecified atom stereocenters. The van der Waals surface area contributed by atoms with Gasteiger partial charge in [0.1, 0.15) is 17.5 Å². The Labute approximate surface area is 166 Å². The average molecular weight is 409 g/mol. The average Bonchev–Trinajstić information content (AvgIpc) is 2.74. The van der Waals surface area contributed by atoms with Gasteiger partial charge in [-0.1, -0.05) is 0 Å². The zero-order chi connectivity index (χ0) is 20.3. The van der Waals surface area contributed by atoms with Crippen LogP contribution in [-0.4, -0.2) is 62.6 Å². The van der Waals surface area contributed by atoms with Gasteiger partial charge in [0.15, 0.2) is 0 Å². The van der Waals surface area contributed by atoms with E-state index < -0.39 is 11.7 Å². The second kappa shape index (κ2) is 8.42. The number of hydrogen-bond acceptors (Lipinski definition) is 7. The second-order valence-electron chi connectivity index (χ2n) is 6.82. The molecule has 4 heterocycles. The van der Waals surface area contributed by atoms with Crippen molar-refractivity contribution in [2.75, 3.05) is 67.7 Å². The largest absolute Gasteiger partial charge is 0.417 e. The summed E-state index contributed by atoms with van der Waals surface area (Å²) in [7, 11) is 0. The van der Waals surface area contributed by atoms with Gasteiger partial charge in [-0.15, -0.1) is 0 Å². The minimum atomic E-state index is -4.41. The Morgan fingerprint density at radius 3 is 2.10 bits per heavy atom. The van der Waals surface area contributed by atoms with E-state index in [2.05, 4.69) is 25.1 Å². The number of nitrogens with zero attached hydrogens (tertiary/aromatic N) is 4. The molecule has 0 radical (unpaired) electrons. The van der Waals surface area contributed by atoms with Gasteiger partial charge < -0.3 is 24.6 Å². The fourth-order valence-corrected chi connectivity index (χ4v) is 3.29. The molecule has 0 atom stereocenters. The zero-order valence-electron chi connectivity index (χ0n) is 15.8. The van der Waals surface area contributed by atoms with Crippen molar-refractivity contribution in [3.05, 3.63) is 36.0 Å². The van der Waals surface area contributed by atoms with Crippen LogP contribution in [0.4, 0.5) is 36.3 Å². The molecular formula is C19H22F3N5O2. The zero-order valence-corrected chi connectivity index (χ0v) is 15.8. The number of hydrogen-bond donors (Lipinski definition) is 1. The SMILES string of the molecule is FC(F)(F)c1ccc(Nc2cc(N3CCOCC3)cc(N3CCOCC3)n2)nc1. The first-order chi connectivity index (χ1) is 14.0. The van der Waals surface area contributed by atoms with Gasteiger partial charge in [-0.25, -0.2) is 9.97 Å². The van der Waals surface area contributed by atoms with E-state index in [0.717, 1.165) is 49.9 Å². The summed E-state index contributed by atoms with van der Waals surface area (Å²) in [6.45, 7) is 5.57. The Morgan fingerprint density at radius 2 is 1.52 bits per heavy atom. The Hall–Kier alpha value is -2.59. The van der Waals surface area contributed by atoms with Gasteiger partial charge in [0.2, 0.25) is 0 Å². The van der Waals surface area contributed by atoms with Crippen molar-refractivity contribution in [1.82, 2.24) is 9.97 Å². The summed E-state index contributed by atoms with van der Waals surface area (Å²) in [6.07, 6.45) is -3.60. The van der Waals surface area contributed by atoms with E-state index in [-0.39, 0.29) is 0 Å². The topological polar surface area (TPSA) is 62.8 Å². The number of halogens is 3. The van der Waals surface area contributed by atoms with Crippen molar-refractivity contribution in [2.24, 2.45) is 0 Å². The maximum absolute atomic E-state index is 12.8. The molecule has 2 aromatic rings. The number of pyridine rings is 2. The van der Waals surface area contributed by atoms with Crippen molar-refractivity contribution in [2.45, 2.75) is 6.18 Å². The Balaban J connectivity index is 1.60. The third kappa shape index (κ3) is 4.88. The number of nitrogens with one attached hydrogen (secondary N) is 1. The molecule has 29 heavy (non-hydrogen) atoms. The molecule has 0 bridgehead atoms. The standard InChI is InChI=1S/C19H22F3N5O2/c20-19(21,22)14-1-2-16(23-13-14)24-17-11-15(26-3-7-28-8-4-26)12-18(25-17)27-5-9-29-10-6-27/h1-2,11-13H,3-10H2,(H,23,24,25). The van der Waals surface area contributed by atoms with Gasteiger partial charge in [-0.2, -0.15) is 13.2 Å². The smallest absolute Gasteiger partial charge is 0.378 e. The van der Waals surface area contributed by atoms with Crippen molar-refractivity contribution >= 4 is 23.1 Å². The number of ether oxygens (including phenoxy) is 2. The molecule has 0 saturated carbocycles. The van der Waals surface area contributed by atoms with Crippen LogP contribution in [0.5, 0.6) is 0 Å². The highest BCUT2D eigenvalue weighted by atomic mass is 19.4. The normalized spacial score (nSPS) is 18.0. The molecule has 2 fully saturated rings. The first-order valence-corrected chi connectivity index (χ1v) is 9.47. The molecule has 2 aliphatic heterocycles. The fourth-order valence-electron chi connectivity index (χ4n) is 3.29. The van der Waals surface area contributed by atoms with E-state index >= 15 is 0 Å². The van der Waals surface area contributed by atoms with Gasteiger partial charge in [0.25, 0.3) is 0 Å². The number of aromatic nitrogens is 2. The minimum Gasteiger partial charge on any atom is -0.378 e. The molecule has 2 saturated heterocycles. The second-order valence-corrected chi connectivity index (χ2v) is 6.82. The van der Waals surface area contributed by atoms with Crippen LogP contribution in [0.25, 0.3) is 0 Å². The van der Waals surface area contributed by atoms with Crippen LogP contribution in [0.3, 0.4) is 0 Å². The van der Waals surface area contributed by atoms with Gasteiger partial charge in [-0.3, -0.25) is 0 Å². The maximum atomic E-state index is 12.8. The molecule has 10 heteroatoms. The maximum Gasteiger partial charge on any atom is 0.417 e. The summed E-state index contributed by atoms with van der Waals surface area (Å²) >= 11 is 0. The predicted molar refractivity (Wildman–Crippen MR) is 103 cm³/mol. The highest BCUT2D eigenvalue weighted by molar-refractivity contribution is 5.65. The Kier molecular flexibility index (Phi) is 5.72. The lowest BCUT2D eigenvalue weighted by Crippen LogP contribution is -2.38. The molecular weight excluding hydrogens is 387 g/mol. The quantitative estimate of drug-likeness (QED) is 0.833. The third-order valence-corrected chi connectivity index (χ3v) is 4.85. The molecule has 0 aliphatic carbocycles. The van der Waals surface area contributed by atoms with Gasteiger partial charge in [0, 0.05) is 50.2 Å². The van der Waals surface area contributed by atoms with Crippen LogP contribution in [0.1, 0.15) is 5.56 Å². The van der Waals surface area contributed by atoms with Gasteiger partial charge in [0.05, 0.1) is 32.0 Å². The number of anilines is 4. The first-order valence-electron chi connectivity index (χ1n) is 9.47. The molecule has 4 rings (SSSR count). The lowest BCUT2D eigenvalue weighted by atomic mass is 10.2. The van der Waals surface area contributed by atoms with E-state index in [0.29, 0.717) is 38.1 Å². The summed E-state index contributed by atoms with van der Waals surface area (Å²) in [6, 6.07) is 6.22. The van der Waals surface area contributed by atoms with Crippen LogP contribution in [0.2, 0.25) is 0 Å². The van der Waals surface area contributed by atoms with E-state index in [1.54, 1.807) is 0 Å². The van der Waals surface area contributed by atoms with Crippen LogP contribution in [0, 0.1) is 0 Å². The highest BCUT2D eigenvalue weighted by Gasteiger charge is 2.30. The lowest BCUT2D eigenvalue weighted by molar-refractivity contribution is -0.137. The molecule has 0 amide bonds. The Bertz CT molecular complexity index is 783. The number of alkyl halides is 3. The highest BCUT2D eigenvalue weighted by Crippen LogP contribution is 2.30. The van der Waals surface area contributed by atoms with Crippen molar-refractivity contribution in [3.8, 4) is 0 Å². The minimum absolute atomic E-state index is 0.303. The molecule has 1 N–H and O–H groups in total. The van der Waals surface area contributed by atoms with Gasteiger partial charge in [-0.05, 0) is 12.1 Å². The molecule has 156 valence electrons. The third-order valence-electron chi connectivity index (χ3n) is 4.85. The van der Waals surface area contributed by atoms with E-state index in [4.69, 9.17) is 9.47 Å². The summed E-state index contributed by atoms with van der Waals surface area (Å²) in [5, 5.41) is 3.04. The molecule has 2 aliphatic rings. The van der Waals surface area contributed by atoms with E-state index in [1.165, 1.54) is 6.07 Å². The van der Waals surface area contributed by atoms with Crippen LogP contribution in [-0.2, 0) is 15.7 Å². The Morgan fingerprint density at radius 1 is 0.862 bits per heavy atom. The predicted octanol–water partition coefficient (Wildman–Crippen LogP) is 2.91. The monoisotopic (exact) mass is 409 g/mol. The number of morpholine rings is 2. The van der Waals surface area contributed by atoms with Crippen LogP contribution < -0.4 is 15.1 Å². The van der Waals surface area contributed by atoms with Crippen LogP contribution >= 0.6 is 0 Å². The number of rotatable bonds is 4. The first kappa shape index (κ1) is 19.7. The van der Waals surface area contributed by atoms with Crippen molar-refractivity contribution < 1.29 is 22.6 Å². The van der Waals surface area contributed by atoms with Crippen molar-refractivity contribution in [1.29, 1.82) is 0 Å². The van der Waals surface area contributed by atoms with Crippen molar-refractivity contribution in [3.63, 3.8) is 0 Å². The lowest BCUT2D eigenvalue weighted by Gasteiger charge is -2.32. The van der Waals surface area contributed by atoms with E-state index in [9.17, 15) is 13.2 Å². The fraction of sp³-hybridized carbons (Fsp3) is 0.474. The molecule has 2 aromatic heterocycles. The molecule has 7 nitrogen and oxygen atoms in total. The summed E-state index contributed by atoms with van der Waals surface area (Å²) in [5.41, 5.74) is 0.200. The van der Waals surface area contributed by atoms with E-state index in [1.807, 2.05) is 12.1 Å². The van der Waals surface area contributed by atoms with Crippen LogP contribution in [0.15, 0.2) is 30.5 Å². The summed E-state index contributed by atoms with van der Waals surface area (Å²) in [4.78, 5) is 12.9. The van der Waals surface area contributed by atoms with Gasteiger partial charge >= 0.3 is 6.18 Å². The summed E-state index contributed by atoms with van der Waals surface area (Å²) < 4.78 is 49.1. The summed E-state index contributed by atoms with van der Waals surface area (Å²) in [5.74, 6) is 1.63. The molecule has 0 spiro atoms. The molecule has 0 aromatic carbocycles.